The van der Waals surface area contributed by atoms with Crippen LogP contribution < -0.4 is 11.1 Å². The average molecular weight is 330 g/mol. The molecule has 1 aromatic heterocycles. The highest BCUT2D eigenvalue weighted by Crippen LogP contribution is 2.17. The number of hydrogen-bond acceptors (Lipinski definition) is 4. The van der Waals surface area contributed by atoms with Crippen LogP contribution >= 0.6 is 0 Å². The smallest absolute Gasteiger partial charge is 0.249 e. The molecule has 1 atom stereocenters. The van der Waals surface area contributed by atoms with Gasteiger partial charge in [0.1, 0.15) is 18.5 Å². The van der Waals surface area contributed by atoms with E-state index in [0.29, 0.717) is 19.6 Å². The number of amides is 2. The van der Waals surface area contributed by atoms with Crippen molar-refractivity contribution in [2.45, 2.75) is 38.3 Å². The molecule has 2 heterocycles. The predicted molar refractivity (Wildman–Crippen MR) is 89.2 cm³/mol. The summed E-state index contributed by atoms with van der Waals surface area (Å²) in [7, 11) is 0. The SMILES string of the molecule is NC(=O)Cn1c(CCCNC(=O)C2CCCO2)nc2ccccc21. The molecule has 3 rings (SSSR count). The molecule has 2 amide bonds. The molecule has 3 N–H and O–H groups in total. The normalized spacial score (nSPS) is 17.2. The molecular weight excluding hydrogens is 308 g/mol. The van der Waals surface area contributed by atoms with Gasteiger partial charge in [-0.25, -0.2) is 4.98 Å². The van der Waals surface area contributed by atoms with E-state index < -0.39 is 5.91 Å². The maximum Gasteiger partial charge on any atom is 0.249 e. The Kier molecular flexibility index (Phi) is 5.10. The molecule has 1 aliphatic heterocycles. The van der Waals surface area contributed by atoms with Crippen molar-refractivity contribution in [1.29, 1.82) is 0 Å². The van der Waals surface area contributed by atoms with Crippen LogP contribution in [0.1, 0.15) is 25.1 Å². The van der Waals surface area contributed by atoms with Crippen LogP contribution in [0.3, 0.4) is 0 Å². The molecule has 1 aliphatic rings. The van der Waals surface area contributed by atoms with Crippen molar-refractivity contribution in [2.75, 3.05) is 13.2 Å². The van der Waals surface area contributed by atoms with Gasteiger partial charge in [0.15, 0.2) is 0 Å². The fourth-order valence-electron chi connectivity index (χ4n) is 3.00. The molecule has 0 spiro atoms. The van der Waals surface area contributed by atoms with E-state index in [1.807, 2.05) is 28.8 Å². The third-order valence-corrected chi connectivity index (χ3v) is 4.15. The summed E-state index contributed by atoms with van der Waals surface area (Å²) in [6.07, 6.45) is 2.83. The number of aromatic nitrogens is 2. The molecule has 128 valence electrons. The number of aryl methyl sites for hydroxylation is 1. The molecule has 1 aromatic carbocycles. The Hall–Kier alpha value is -2.41. The average Bonchev–Trinajstić information content (AvgIpc) is 3.20. The first-order valence-electron chi connectivity index (χ1n) is 8.27. The number of rotatable bonds is 7. The summed E-state index contributed by atoms with van der Waals surface area (Å²) < 4.78 is 7.20. The van der Waals surface area contributed by atoms with Gasteiger partial charge in [0, 0.05) is 19.6 Å². The van der Waals surface area contributed by atoms with E-state index in [1.54, 1.807) is 0 Å². The van der Waals surface area contributed by atoms with Crippen LogP contribution in [0.15, 0.2) is 24.3 Å². The summed E-state index contributed by atoms with van der Waals surface area (Å²) in [5, 5.41) is 2.90. The van der Waals surface area contributed by atoms with Crippen molar-refractivity contribution in [3.63, 3.8) is 0 Å². The fraction of sp³-hybridized carbons (Fsp3) is 0.471. The Balaban J connectivity index is 1.60. The number of benzene rings is 1. The number of nitrogens with zero attached hydrogens (tertiary/aromatic N) is 2. The highest BCUT2D eigenvalue weighted by molar-refractivity contribution is 5.81. The van der Waals surface area contributed by atoms with E-state index in [-0.39, 0.29) is 18.6 Å². The van der Waals surface area contributed by atoms with Gasteiger partial charge in [-0.1, -0.05) is 12.1 Å². The van der Waals surface area contributed by atoms with Crippen molar-refractivity contribution in [2.24, 2.45) is 5.73 Å². The number of nitrogens with one attached hydrogen (secondary N) is 1. The zero-order chi connectivity index (χ0) is 16.9. The molecule has 0 saturated carbocycles. The van der Waals surface area contributed by atoms with Crippen LogP contribution in [0.5, 0.6) is 0 Å². The second kappa shape index (κ2) is 7.44. The van der Waals surface area contributed by atoms with Crippen molar-refractivity contribution in [1.82, 2.24) is 14.9 Å². The number of nitrogens with two attached hydrogens (primary N) is 1. The van der Waals surface area contributed by atoms with Crippen LogP contribution in [0, 0.1) is 0 Å². The van der Waals surface area contributed by atoms with Gasteiger partial charge >= 0.3 is 0 Å². The van der Waals surface area contributed by atoms with Crippen molar-refractivity contribution in [3.05, 3.63) is 30.1 Å². The van der Waals surface area contributed by atoms with Crippen LogP contribution in [0.2, 0.25) is 0 Å². The molecule has 1 unspecified atom stereocenters. The van der Waals surface area contributed by atoms with Gasteiger partial charge in [0.2, 0.25) is 11.8 Å². The van der Waals surface area contributed by atoms with E-state index in [9.17, 15) is 9.59 Å². The minimum absolute atomic E-state index is 0.0434. The third kappa shape index (κ3) is 3.73. The van der Waals surface area contributed by atoms with E-state index in [0.717, 1.165) is 36.1 Å². The van der Waals surface area contributed by atoms with Gasteiger partial charge in [-0.2, -0.15) is 0 Å². The van der Waals surface area contributed by atoms with Crippen molar-refractivity contribution >= 4 is 22.8 Å². The highest BCUT2D eigenvalue weighted by Gasteiger charge is 2.22. The van der Waals surface area contributed by atoms with Gasteiger partial charge in [0.05, 0.1) is 11.0 Å². The number of carbonyl (C=O) groups is 2. The largest absolute Gasteiger partial charge is 0.368 e. The predicted octanol–water partition coefficient (Wildman–Crippen LogP) is 0.749. The summed E-state index contributed by atoms with van der Waals surface area (Å²) in [6, 6.07) is 7.66. The van der Waals surface area contributed by atoms with Crippen LogP contribution in [-0.4, -0.2) is 40.6 Å². The molecule has 1 fully saturated rings. The van der Waals surface area contributed by atoms with Gasteiger partial charge in [-0.05, 0) is 31.4 Å². The van der Waals surface area contributed by atoms with E-state index in [4.69, 9.17) is 10.5 Å². The van der Waals surface area contributed by atoms with Gasteiger partial charge in [-0.3, -0.25) is 9.59 Å². The highest BCUT2D eigenvalue weighted by atomic mass is 16.5. The number of primary amides is 1. The topological polar surface area (TPSA) is 99.2 Å². The molecule has 0 aliphatic carbocycles. The fourth-order valence-corrected chi connectivity index (χ4v) is 3.00. The number of imidazole rings is 1. The van der Waals surface area contributed by atoms with Gasteiger partial charge in [0.25, 0.3) is 0 Å². The first kappa shape index (κ1) is 16.4. The lowest BCUT2D eigenvalue weighted by Gasteiger charge is -2.10. The van der Waals surface area contributed by atoms with Crippen LogP contribution in [0.25, 0.3) is 11.0 Å². The molecule has 7 heteroatoms. The van der Waals surface area contributed by atoms with Crippen molar-refractivity contribution in [3.8, 4) is 0 Å². The summed E-state index contributed by atoms with van der Waals surface area (Å²) in [5.41, 5.74) is 7.09. The van der Waals surface area contributed by atoms with Crippen LogP contribution in [-0.2, 0) is 27.3 Å². The maximum atomic E-state index is 11.9. The van der Waals surface area contributed by atoms with Crippen molar-refractivity contribution < 1.29 is 14.3 Å². The standard InChI is InChI=1S/C17H22N4O3/c18-15(22)11-21-13-6-2-1-5-12(13)20-16(21)8-3-9-19-17(23)14-7-4-10-24-14/h1-2,5-6,14H,3-4,7-11H2,(H2,18,22)(H,19,23). The molecule has 0 bridgehead atoms. The number of carbonyl (C=O) groups excluding carboxylic acids is 2. The minimum Gasteiger partial charge on any atom is -0.368 e. The molecule has 1 saturated heterocycles. The minimum atomic E-state index is -0.397. The molecular formula is C17H22N4O3. The zero-order valence-electron chi connectivity index (χ0n) is 13.5. The monoisotopic (exact) mass is 330 g/mol. The Morgan fingerprint density at radius 1 is 1.38 bits per heavy atom. The summed E-state index contributed by atoms with van der Waals surface area (Å²) in [5.74, 6) is 0.366. The lowest BCUT2D eigenvalue weighted by Crippen LogP contribution is -2.34. The number of fused-ring (bicyclic) bond motifs is 1. The maximum absolute atomic E-state index is 11.9. The number of para-hydroxylation sites is 2. The van der Waals surface area contributed by atoms with E-state index >= 15 is 0 Å². The second-order valence-corrected chi connectivity index (χ2v) is 5.97. The lowest BCUT2D eigenvalue weighted by atomic mass is 10.2. The quantitative estimate of drug-likeness (QED) is 0.732. The van der Waals surface area contributed by atoms with Gasteiger partial charge in [-0.15, -0.1) is 0 Å². The molecule has 2 aromatic rings. The third-order valence-electron chi connectivity index (χ3n) is 4.15. The lowest BCUT2D eigenvalue weighted by molar-refractivity contribution is -0.130. The summed E-state index contributed by atoms with van der Waals surface area (Å²) >= 11 is 0. The zero-order valence-corrected chi connectivity index (χ0v) is 13.5. The van der Waals surface area contributed by atoms with Gasteiger partial charge < -0.3 is 20.4 Å². The first-order chi connectivity index (χ1) is 11.6. The van der Waals surface area contributed by atoms with Crippen LogP contribution in [0.4, 0.5) is 0 Å². The second-order valence-electron chi connectivity index (χ2n) is 5.97. The van der Waals surface area contributed by atoms with E-state index in [2.05, 4.69) is 10.3 Å². The Morgan fingerprint density at radius 2 is 2.21 bits per heavy atom. The molecule has 7 nitrogen and oxygen atoms in total. The number of hydrogen-bond donors (Lipinski definition) is 2. The Labute approximate surface area is 140 Å². The first-order valence-corrected chi connectivity index (χ1v) is 8.27. The molecule has 0 radical (unpaired) electrons. The summed E-state index contributed by atoms with van der Waals surface area (Å²) in [4.78, 5) is 27.8. The Morgan fingerprint density at radius 3 is 2.96 bits per heavy atom. The number of ether oxygens (including phenoxy) is 1. The summed E-state index contributed by atoms with van der Waals surface area (Å²) in [6.45, 7) is 1.33. The Bertz CT molecular complexity index is 735. The van der Waals surface area contributed by atoms with E-state index in [1.165, 1.54) is 0 Å². The molecule has 24 heavy (non-hydrogen) atoms.